The van der Waals surface area contributed by atoms with Gasteiger partial charge in [-0.25, -0.2) is 0 Å². The Morgan fingerprint density at radius 1 is 1.00 bits per heavy atom. The molecule has 2 unspecified atom stereocenters. The summed E-state index contributed by atoms with van der Waals surface area (Å²) in [6.07, 6.45) is 3.78. The van der Waals surface area contributed by atoms with Gasteiger partial charge in [-0.1, -0.05) is 35.3 Å². The van der Waals surface area contributed by atoms with Crippen molar-refractivity contribution >= 4 is 46.2 Å². The Morgan fingerprint density at radius 2 is 1.88 bits per heavy atom. The molecular formula is C25H20Cl2N4OS. The molecule has 2 aromatic heterocycles. The number of halogens is 2. The fourth-order valence-corrected chi connectivity index (χ4v) is 5.07. The lowest BCUT2D eigenvalue weighted by Gasteiger charge is -2.29. The number of nitrogens with zero attached hydrogens (tertiary/aromatic N) is 3. The van der Waals surface area contributed by atoms with E-state index in [0.29, 0.717) is 15.2 Å². The first-order chi connectivity index (χ1) is 16.1. The average Bonchev–Trinajstić information content (AvgIpc) is 3.44. The van der Waals surface area contributed by atoms with E-state index in [1.54, 1.807) is 19.4 Å². The molecule has 5 nitrogen and oxygen atoms in total. The van der Waals surface area contributed by atoms with Crippen LogP contribution in [0.25, 0.3) is 5.69 Å². The van der Waals surface area contributed by atoms with Crippen LogP contribution < -0.4 is 15.0 Å². The Morgan fingerprint density at radius 3 is 2.64 bits per heavy atom. The summed E-state index contributed by atoms with van der Waals surface area (Å²) in [5.74, 6) is 0.756. The Kier molecular flexibility index (Phi) is 5.98. The molecule has 166 valence electrons. The number of methoxy groups -OCH3 is 1. The molecule has 0 radical (unpaired) electrons. The van der Waals surface area contributed by atoms with Crippen LogP contribution in [-0.2, 0) is 0 Å². The molecule has 0 amide bonds. The van der Waals surface area contributed by atoms with E-state index < -0.39 is 0 Å². The van der Waals surface area contributed by atoms with Crippen molar-refractivity contribution in [3.05, 3.63) is 107 Å². The molecule has 1 saturated heterocycles. The highest BCUT2D eigenvalue weighted by molar-refractivity contribution is 7.80. The number of hydrogen-bond donors (Lipinski definition) is 1. The molecule has 33 heavy (non-hydrogen) atoms. The average molecular weight is 495 g/mol. The normalized spacial score (nSPS) is 17.8. The fourth-order valence-electron chi connectivity index (χ4n) is 4.22. The van der Waals surface area contributed by atoms with E-state index in [4.69, 9.17) is 40.2 Å². The van der Waals surface area contributed by atoms with Gasteiger partial charge < -0.3 is 19.5 Å². The highest BCUT2D eigenvalue weighted by atomic mass is 35.5. The van der Waals surface area contributed by atoms with Crippen molar-refractivity contribution in [2.75, 3.05) is 12.0 Å². The van der Waals surface area contributed by atoms with Crippen LogP contribution in [0.15, 0.2) is 85.2 Å². The first-order valence-electron chi connectivity index (χ1n) is 10.3. The highest BCUT2D eigenvalue weighted by Crippen LogP contribution is 2.43. The third kappa shape index (κ3) is 4.06. The molecule has 2 atom stereocenters. The van der Waals surface area contributed by atoms with Crippen molar-refractivity contribution in [1.29, 1.82) is 0 Å². The van der Waals surface area contributed by atoms with Gasteiger partial charge in [-0.05, 0) is 66.8 Å². The molecule has 2 aromatic carbocycles. The number of aromatic nitrogens is 2. The molecule has 0 aliphatic carbocycles. The van der Waals surface area contributed by atoms with Crippen molar-refractivity contribution in [3.63, 3.8) is 0 Å². The summed E-state index contributed by atoms with van der Waals surface area (Å²) in [5, 5.41) is 5.25. The van der Waals surface area contributed by atoms with E-state index in [-0.39, 0.29) is 12.1 Å². The number of thiocarbonyl (C=S) groups is 1. The molecule has 8 heteroatoms. The summed E-state index contributed by atoms with van der Waals surface area (Å²) >= 11 is 18.6. The second-order valence-electron chi connectivity index (χ2n) is 7.60. The maximum atomic E-state index is 6.59. The van der Waals surface area contributed by atoms with E-state index in [2.05, 4.69) is 25.8 Å². The van der Waals surface area contributed by atoms with E-state index in [1.165, 1.54) is 0 Å². The van der Waals surface area contributed by atoms with Gasteiger partial charge in [0.15, 0.2) is 5.11 Å². The molecule has 1 fully saturated rings. The lowest BCUT2D eigenvalue weighted by Crippen LogP contribution is -2.30. The molecule has 5 rings (SSSR count). The topological polar surface area (TPSA) is 42.3 Å². The Bertz CT molecular complexity index is 1310. The summed E-state index contributed by atoms with van der Waals surface area (Å²) in [5.41, 5.74) is 3.66. The van der Waals surface area contributed by atoms with E-state index >= 15 is 0 Å². The smallest absolute Gasteiger partial charge is 0.174 e. The molecule has 0 spiro atoms. The van der Waals surface area contributed by atoms with Crippen molar-refractivity contribution in [3.8, 4) is 11.4 Å². The second kappa shape index (κ2) is 9.06. The van der Waals surface area contributed by atoms with Gasteiger partial charge in [0.05, 0.1) is 29.6 Å². The minimum atomic E-state index is -0.193. The highest BCUT2D eigenvalue weighted by Gasteiger charge is 2.42. The minimum absolute atomic E-state index is 0.176. The maximum Gasteiger partial charge on any atom is 0.174 e. The SMILES string of the molecule is COc1cccc(N2C(=S)NC(c3ccccn3)C2c2cccn2-c2ccc(Cl)cc2Cl)c1. The molecule has 3 heterocycles. The van der Waals surface area contributed by atoms with E-state index in [1.807, 2.05) is 66.9 Å². The number of pyridine rings is 1. The van der Waals surface area contributed by atoms with Crippen LogP contribution in [0.5, 0.6) is 5.75 Å². The fraction of sp³-hybridized carbons (Fsp3) is 0.120. The van der Waals surface area contributed by atoms with Crippen LogP contribution in [0.4, 0.5) is 5.69 Å². The number of hydrogen-bond acceptors (Lipinski definition) is 3. The van der Waals surface area contributed by atoms with Crippen LogP contribution >= 0.6 is 35.4 Å². The zero-order valence-electron chi connectivity index (χ0n) is 17.7. The molecule has 0 bridgehead atoms. The second-order valence-corrected chi connectivity index (χ2v) is 8.83. The standard InChI is InChI=1S/C25H20Cl2N4OS/c1-32-18-7-4-6-17(15-18)31-24(23(29-25(31)33)20-8-2-3-12-28-20)22-9-5-13-30(22)21-11-10-16(26)14-19(21)27/h2-15,23-24H,1H3,(H,29,33). The summed E-state index contributed by atoms with van der Waals surface area (Å²) in [6.45, 7) is 0. The van der Waals surface area contributed by atoms with E-state index in [0.717, 1.165) is 28.5 Å². The van der Waals surface area contributed by atoms with Gasteiger partial charge in [0.2, 0.25) is 0 Å². The van der Waals surface area contributed by atoms with Crippen LogP contribution in [0.1, 0.15) is 23.5 Å². The predicted octanol–water partition coefficient (Wildman–Crippen LogP) is 6.36. The maximum absolute atomic E-state index is 6.59. The number of benzene rings is 2. The van der Waals surface area contributed by atoms with Crippen LogP contribution in [0, 0.1) is 0 Å². The Hall–Kier alpha value is -3.06. The first-order valence-corrected chi connectivity index (χ1v) is 11.5. The summed E-state index contributed by atoms with van der Waals surface area (Å²) < 4.78 is 7.54. The van der Waals surface area contributed by atoms with Gasteiger partial charge in [0.25, 0.3) is 0 Å². The van der Waals surface area contributed by atoms with Crippen molar-refractivity contribution < 1.29 is 4.74 Å². The molecule has 1 aliphatic rings. The van der Waals surface area contributed by atoms with Gasteiger partial charge in [-0.2, -0.15) is 0 Å². The molecule has 4 aromatic rings. The zero-order valence-corrected chi connectivity index (χ0v) is 20.0. The van der Waals surface area contributed by atoms with Gasteiger partial charge in [0.1, 0.15) is 11.8 Å². The predicted molar refractivity (Wildman–Crippen MR) is 137 cm³/mol. The molecule has 1 aliphatic heterocycles. The summed E-state index contributed by atoms with van der Waals surface area (Å²) in [6, 6.07) is 23.0. The van der Waals surface area contributed by atoms with Crippen LogP contribution in [0.2, 0.25) is 10.0 Å². The van der Waals surface area contributed by atoms with Crippen LogP contribution in [0.3, 0.4) is 0 Å². The van der Waals surface area contributed by atoms with Crippen LogP contribution in [-0.4, -0.2) is 21.8 Å². The molecule has 0 saturated carbocycles. The number of rotatable bonds is 5. The summed E-state index contributed by atoms with van der Waals surface area (Å²) in [7, 11) is 1.65. The van der Waals surface area contributed by atoms with Crippen molar-refractivity contribution in [2.24, 2.45) is 0 Å². The Labute approximate surface area is 207 Å². The van der Waals surface area contributed by atoms with Crippen molar-refractivity contribution in [2.45, 2.75) is 12.1 Å². The third-order valence-corrected chi connectivity index (χ3v) is 6.53. The first kappa shape index (κ1) is 21.8. The lowest BCUT2D eigenvalue weighted by atomic mass is 10.0. The monoisotopic (exact) mass is 494 g/mol. The largest absolute Gasteiger partial charge is 0.497 e. The van der Waals surface area contributed by atoms with Gasteiger partial charge in [0, 0.05) is 34.9 Å². The number of nitrogens with one attached hydrogen (secondary N) is 1. The van der Waals surface area contributed by atoms with Gasteiger partial charge >= 0.3 is 0 Å². The zero-order chi connectivity index (χ0) is 22.9. The summed E-state index contributed by atoms with van der Waals surface area (Å²) in [4.78, 5) is 6.73. The van der Waals surface area contributed by atoms with Gasteiger partial charge in [-0.3, -0.25) is 4.98 Å². The number of anilines is 1. The van der Waals surface area contributed by atoms with Gasteiger partial charge in [-0.15, -0.1) is 0 Å². The molecular weight excluding hydrogens is 475 g/mol. The molecule has 1 N–H and O–H groups in total. The van der Waals surface area contributed by atoms with E-state index in [9.17, 15) is 0 Å². The number of ether oxygens (including phenoxy) is 1. The lowest BCUT2D eigenvalue weighted by molar-refractivity contribution is 0.414. The third-order valence-electron chi connectivity index (χ3n) is 5.68. The Balaban J connectivity index is 1.68. The quantitative estimate of drug-likeness (QED) is 0.326. The van der Waals surface area contributed by atoms with Crippen molar-refractivity contribution in [1.82, 2.24) is 14.9 Å². The minimum Gasteiger partial charge on any atom is -0.497 e.